The number of likely N-dealkylation sites (N-methyl/N-ethyl adjacent to an activating group) is 1. The molecule has 1 N–H and O–H groups in total. The summed E-state index contributed by atoms with van der Waals surface area (Å²) in [6, 6.07) is 3.98. The van der Waals surface area contributed by atoms with E-state index >= 15 is 0 Å². The van der Waals surface area contributed by atoms with Crippen molar-refractivity contribution in [2.24, 2.45) is 0 Å². The molecule has 1 aliphatic heterocycles. The van der Waals surface area contributed by atoms with Crippen LogP contribution < -0.4 is 5.32 Å². The number of amides is 2. The van der Waals surface area contributed by atoms with Crippen LogP contribution in [0.1, 0.15) is 19.8 Å². The van der Waals surface area contributed by atoms with Gasteiger partial charge in [-0.1, -0.05) is 11.6 Å². The fourth-order valence-electron chi connectivity index (χ4n) is 2.71. The third-order valence-corrected chi connectivity index (χ3v) is 4.75. The lowest BCUT2D eigenvalue weighted by Gasteiger charge is -2.39. The van der Waals surface area contributed by atoms with Gasteiger partial charge in [0, 0.05) is 25.7 Å². The van der Waals surface area contributed by atoms with Gasteiger partial charge in [0.05, 0.1) is 10.7 Å². The summed E-state index contributed by atoms with van der Waals surface area (Å²) in [5, 5.41) is 2.56. The Labute approximate surface area is 140 Å². The maximum atomic E-state index is 13.2. The van der Waals surface area contributed by atoms with Crippen molar-refractivity contribution in [3.63, 3.8) is 0 Å². The molecule has 1 aromatic rings. The molecule has 0 saturated carbocycles. The molecular weight excluding hydrogens is 321 g/mol. The SMILES string of the molecule is CC1CC(N(C)C(=O)C(=O)Nc2cc(F)ccc2Cl)CCN1C. The maximum absolute atomic E-state index is 13.2. The number of hydrogen-bond donors (Lipinski definition) is 1. The quantitative estimate of drug-likeness (QED) is 0.840. The monoisotopic (exact) mass is 341 g/mol. The number of nitrogens with zero attached hydrogens (tertiary/aromatic N) is 2. The third kappa shape index (κ3) is 4.20. The van der Waals surface area contributed by atoms with E-state index in [9.17, 15) is 14.0 Å². The number of halogens is 2. The van der Waals surface area contributed by atoms with Crippen LogP contribution in [-0.4, -0.2) is 54.3 Å². The van der Waals surface area contributed by atoms with Gasteiger partial charge in [-0.3, -0.25) is 9.59 Å². The van der Waals surface area contributed by atoms with Gasteiger partial charge in [0.2, 0.25) is 0 Å². The number of hydrogen-bond acceptors (Lipinski definition) is 3. The number of rotatable bonds is 2. The average Bonchev–Trinajstić information content (AvgIpc) is 2.52. The Bertz CT molecular complexity index is 611. The van der Waals surface area contributed by atoms with Crippen molar-refractivity contribution in [2.45, 2.75) is 31.8 Å². The Balaban J connectivity index is 2.01. The minimum atomic E-state index is -0.813. The maximum Gasteiger partial charge on any atom is 0.313 e. The summed E-state index contributed by atoms with van der Waals surface area (Å²) >= 11 is 5.90. The Morgan fingerprint density at radius 1 is 1.43 bits per heavy atom. The van der Waals surface area contributed by atoms with Crippen molar-refractivity contribution in [1.29, 1.82) is 0 Å². The average molecular weight is 342 g/mol. The second-order valence-corrected chi connectivity index (χ2v) is 6.41. The Hall–Kier alpha value is -1.66. The molecule has 2 amide bonds. The summed E-state index contributed by atoms with van der Waals surface area (Å²) in [4.78, 5) is 28.1. The number of carbonyl (C=O) groups excluding carboxylic acids is 2. The molecule has 126 valence electrons. The number of likely N-dealkylation sites (tertiary alicyclic amines) is 1. The second kappa shape index (κ2) is 7.27. The zero-order valence-electron chi connectivity index (χ0n) is 13.5. The van der Waals surface area contributed by atoms with Crippen LogP contribution in [0.3, 0.4) is 0 Å². The van der Waals surface area contributed by atoms with Gasteiger partial charge in [-0.05, 0) is 45.0 Å². The molecule has 0 aliphatic carbocycles. The largest absolute Gasteiger partial charge is 0.334 e. The van der Waals surface area contributed by atoms with Crippen LogP contribution in [-0.2, 0) is 9.59 Å². The molecule has 2 atom stereocenters. The van der Waals surface area contributed by atoms with E-state index in [1.165, 1.54) is 17.0 Å². The van der Waals surface area contributed by atoms with Crippen molar-refractivity contribution in [3.8, 4) is 0 Å². The lowest BCUT2D eigenvalue weighted by molar-refractivity contribution is -0.144. The first-order chi connectivity index (χ1) is 10.8. The lowest BCUT2D eigenvalue weighted by atomic mass is 9.97. The van der Waals surface area contributed by atoms with Crippen LogP contribution in [0.25, 0.3) is 0 Å². The van der Waals surface area contributed by atoms with Crippen molar-refractivity contribution < 1.29 is 14.0 Å². The van der Waals surface area contributed by atoms with E-state index in [1.54, 1.807) is 7.05 Å². The molecule has 2 rings (SSSR count). The van der Waals surface area contributed by atoms with Gasteiger partial charge in [0.15, 0.2) is 0 Å². The van der Waals surface area contributed by atoms with Crippen molar-refractivity contribution in [1.82, 2.24) is 9.80 Å². The molecule has 0 bridgehead atoms. The van der Waals surface area contributed by atoms with Crippen LogP contribution in [0.2, 0.25) is 5.02 Å². The van der Waals surface area contributed by atoms with Crippen molar-refractivity contribution in [2.75, 3.05) is 26.0 Å². The second-order valence-electron chi connectivity index (χ2n) is 6.00. The molecule has 23 heavy (non-hydrogen) atoms. The third-order valence-electron chi connectivity index (χ3n) is 4.42. The minimum absolute atomic E-state index is 0.0161. The summed E-state index contributed by atoms with van der Waals surface area (Å²) in [7, 11) is 3.67. The fourth-order valence-corrected chi connectivity index (χ4v) is 2.88. The van der Waals surface area contributed by atoms with Gasteiger partial charge in [0.1, 0.15) is 5.82 Å². The smallest absolute Gasteiger partial charge is 0.313 e. The van der Waals surface area contributed by atoms with E-state index in [0.29, 0.717) is 6.04 Å². The van der Waals surface area contributed by atoms with Gasteiger partial charge in [-0.2, -0.15) is 0 Å². The van der Waals surface area contributed by atoms with Gasteiger partial charge < -0.3 is 15.1 Å². The van der Waals surface area contributed by atoms with E-state index < -0.39 is 17.6 Å². The summed E-state index contributed by atoms with van der Waals surface area (Å²) in [6.45, 7) is 2.97. The highest BCUT2D eigenvalue weighted by Gasteiger charge is 2.30. The van der Waals surface area contributed by atoms with Crippen LogP contribution in [0.4, 0.5) is 10.1 Å². The minimum Gasteiger partial charge on any atom is -0.334 e. The number of anilines is 1. The first kappa shape index (κ1) is 17.7. The fraction of sp³-hybridized carbons (Fsp3) is 0.500. The molecular formula is C16H21ClFN3O2. The number of nitrogens with one attached hydrogen (secondary N) is 1. The molecule has 0 aromatic heterocycles. The van der Waals surface area contributed by atoms with Crippen molar-refractivity contribution in [3.05, 3.63) is 29.0 Å². The number of benzene rings is 1. The van der Waals surface area contributed by atoms with Crippen LogP contribution in [0.5, 0.6) is 0 Å². The molecule has 1 saturated heterocycles. The van der Waals surface area contributed by atoms with E-state index in [1.807, 2.05) is 7.05 Å². The molecule has 1 aromatic carbocycles. The molecule has 1 heterocycles. The van der Waals surface area contributed by atoms with Gasteiger partial charge in [-0.25, -0.2) is 4.39 Å². The highest BCUT2D eigenvalue weighted by atomic mass is 35.5. The predicted molar refractivity (Wildman–Crippen MR) is 87.9 cm³/mol. The van der Waals surface area contributed by atoms with Crippen LogP contribution in [0.15, 0.2) is 18.2 Å². The van der Waals surface area contributed by atoms with E-state index in [4.69, 9.17) is 11.6 Å². The molecule has 7 heteroatoms. The van der Waals surface area contributed by atoms with E-state index in [2.05, 4.69) is 17.1 Å². The zero-order valence-corrected chi connectivity index (χ0v) is 14.2. The molecule has 0 radical (unpaired) electrons. The Morgan fingerprint density at radius 2 is 2.13 bits per heavy atom. The molecule has 2 unspecified atom stereocenters. The Kier molecular flexibility index (Phi) is 5.59. The topological polar surface area (TPSA) is 52.7 Å². The molecule has 1 aliphatic rings. The first-order valence-electron chi connectivity index (χ1n) is 7.53. The molecule has 0 spiro atoms. The van der Waals surface area contributed by atoms with E-state index in [0.717, 1.165) is 25.5 Å². The molecule has 5 nitrogen and oxygen atoms in total. The summed E-state index contributed by atoms with van der Waals surface area (Å²) < 4.78 is 13.2. The predicted octanol–water partition coefficient (Wildman–Crippen LogP) is 2.36. The normalized spacial score (nSPS) is 21.8. The Morgan fingerprint density at radius 3 is 2.78 bits per heavy atom. The van der Waals surface area contributed by atoms with Gasteiger partial charge >= 0.3 is 11.8 Å². The lowest BCUT2D eigenvalue weighted by Crippen LogP contribution is -2.50. The van der Waals surface area contributed by atoms with Crippen LogP contribution >= 0.6 is 11.6 Å². The standard InChI is InChI=1S/C16H21ClFN3O2/c1-10-8-12(6-7-20(10)2)21(3)16(23)15(22)19-14-9-11(18)4-5-13(14)17/h4-5,9-10,12H,6-8H2,1-3H3,(H,19,22). The highest BCUT2D eigenvalue weighted by Crippen LogP contribution is 2.23. The van der Waals surface area contributed by atoms with E-state index in [-0.39, 0.29) is 16.8 Å². The highest BCUT2D eigenvalue weighted by molar-refractivity contribution is 6.41. The number of piperidine rings is 1. The zero-order chi connectivity index (χ0) is 17.1. The summed E-state index contributed by atoms with van der Waals surface area (Å²) in [6.07, 6.45) is 1.63. The van der Waals surface area contributed by atoms with Gasteiger partial charge in [-0.15, -0.1) is 0 Å². The summed E-state index contributed by atoms with van der Waals surface area (Å²) in [5.41, 5.74) is 0.0927. The van der Waals surface area contributed by atoms with Crippen molar-refractivity contribution >= 4 is 29.1 Å². The van der Waals surface area contributed by atoms with Gasteiger partial charge in [0.25, 0.3) is 0 Å². The number of carbonyl (C=O) groups is 2. The first-order valence-corrected chi connectivity index (χ1v) is 7.90. The molecule has 1 fully saturated rings. The summed E-state index contributed by atoms with van der Waals surface area (Å²) in [5.74, 6) is -1.99. The van der Waals surface area contributed by atoms with Crippen LogP contribution in [0, 0.1) is 5.82 Å².